The molecule has 0 saturated carbocycles. The van der Waals surface area contributed by atoms with Crippen molar-refractivity contribution < 1.29 is 18.7 Å². The first-order chi connectivity index (χ1) is 11.2. The van der Waals surface area contributed by atoms with E-state index >= 15 is 0 Å². The number of carbonyl (C=O) groups excluding carboxylic acids is 1. The van der Waals surface area contributed by atoms with Gasteiger partial charge >= 0.3 is 6.03 Å². The van der Waals surface area contributed by atoms with Crippen LogP contribution in [0.5, 0.6) is 5.88 Å². The summed E-state index contributed by atoms with van der Waals surface area (Å²) in [6.07, 6.45) is 1.57. The molecule has 2 amide bonds. The maximum absolute atomic E-state index is 12.8. The van der Waals surface area contributed by atoms with Gasteiger partial charge in [0.1, 0.15) is 18.1 Å². The molecule has 0 unspecified atom stereocenters. The first-order valence-electron chi connectivity index (χ1n) is 7.05. The molecule has 6 nitrogen and oxygen atoms in total. The van der Waals surface area contributed by atoms with Crippen molar-refractivity contribution >= 4 is 11.7 Å². The third kappa shape index (κ3) is 5.55. The van der Waals surface area contributed by atoms with Crippen LogP contribution in [0.2, 0.25) is 0 Å². The van der Waals surface area contributed by atoms with E-state index in [2.05, 4.69) is 15.6 Å². The lowest BCUT2D eigenvalue weighted by Gasteiger charge is -2.11. The first-order valence-corrected chi connectivity index (χ1v) is 7.05. The monoisotopic (exact) mass is 319 g/mol. The zero-order chi connectivity index (χ0) is 16.5. The van der Waals surface area contributed by atoms with E-state index in [0.717, 1.165) is 5.56 Å². The number of hydrogen-bond acceptors (Lipinski definition) is 4. The van der Waals surface area contributed by atoms with Gasteiger partial charge in [-0.05, 0) is 29.8 Å². The van der Waals surface area contributed by atoms with Crippen molar-refractivity contribution in [2.24, 2.45) is 0 Å². The molecule has 2 rings (SSSR count). The van der Waals surface area contributed by atoms with Crippen molar-refractivity contribution in [1.82, 2.24) is 10.3 Å². The summed E-state index contributed by atoms with van der Waals surface area (Å²) < 4.78 is 23.2. The fraction of sp³-hybridized carbons (Fsp3) is 0.250. The molecular weight excluding hydrogens is 301 g/mol. The van der Waals surface area contributed by atoms with Gasteiger partial charge in [0.2, 0.25) is 5.88 Å². The van der Waals surface area contributed by atoms with E-state index < -0.39 is 6.03 Å². The van der Waals surface area contributed by atoms with E-state index in [-0.39, 0.29) is 12.4 Å². The number of amides is 2. The highest BCUT2D eigenvalue weighted by Crippen LogP contribution is 2.20. The van der Waals surface area contributed by atoms with E-state index in [1.807, 2.05) is 0 Å². The van der Waals surface area contributed by atoms with Gasteiger partial charge in [-0.25, -0.2) is 14.2 Å². The Morgan fingerprint density at radius 1 is 1.22 bits per heavy atom. The van der Waals surface area contributed by atoms with Gasteiger partial charge in [0.25, 0.3) is 0 Å². The van der Waals surface area contributed by atoms with Crippen LogP contribution in [0, 0.1) is 5.82 Å². The van der Waals surface area contributed by atoms with Gasteiger partial charge in [0.15, 0.2) is 0 Å². The number of halogens is 1. The van der Waals surface area contributed by atoms with Crippen molar-refractivity contribution in [2.75, 3.05) is 25.6 Å². The molecule has 122 valence electrons. The normalized spacial score (nSPS) is 10.2. The molecule has 0 atom stereocenters. The van der Waals surface area contributed by atoms with Crippen LogP contribution in [0.3, 0.4) is 0 Å². The summed E-state index contributed by atoms with van der Waals surface area (Å²) in [5, 5.41) is 5.35. The number of pyridine rings is 1. The molecule has 1 heterocycles. The van der Waals surface area contributed by atoms with Gasteiger partial charge in [-0.1, -0.05) is 12.1 Å². The third-order valence-electron chi connectivity index (χ3n) is 2.91. The first kappa shape index (κ1) is 16.7. The minimum absolute atomic E-state index is 0.284. The van der Waals surface area contributed by atoms with Crippen molar-refractivity contribution in [3.63, 3.8) is 0 Å². The van der Waals surface area contributed by atoms with Gasteiger partial charge < -0.3 is 20.1 Å². The van der Waals surface area contributed by atoms with Crippen LogP contribution in [0.1, 0.15) is 5.56 Å². The second-order valence-corrected chi connectivity index (χ2v) is 4.63. The number of urea groups is 1. The fourth-order valence-electron chi connectivity index (χ4n) is 1.77. The topological polar surface area (TPSA) is 72.5 Å². The number of rotatable bonds is 7. The Morgan fingerprint density at radius 2 is 2.00 bits per heavy atom. The molecule has 0 aliphatic carbocycles. The van der Waals surface area contributed by atoms with E-state index in [1.165, 1.54) is 12.1 Å². The second kappa shape index (κ2) is 8.70. The minimum Gasteiger partial charge on any atom is -0.474 e. The van der Waals surface area contributed by atoms with Crippen molar-refractivity contribution in [3.05, 3.63) is 54.0 Å². The number of hydrogen-bond donors (Lipinski definition) is 2. The molecule has 0 aliphatic rings. The summed E-state index contributed by atoms with van der Waals surface area (Å²) in [5.41, 5.74) is 1.25. The van der Waals surface area contributed by atoms with Gasteiger partial charge in [-0.3, -0.25) is 0 Å². The molecule has 1 aromatic heterocycles. The van der Waals surface area contributed by atoms with Crippen LogP contribution in [-0.4, -0.2) is 31.3 Å². The summed E-state index contributed by atoms with van der Waals surface area (Å²) in [4.78, 5) is 16.0. The number of nitrogens with one attached hydrogen (secondary N) is 2. The quantitative estimate of drug-likeness (QED) is 0.769. The van der Waals surface area contributed by atoms with E-state index in [4.69, 9.17) is 9.47 Å². The number of methoxy groups -OCH3 is 1. The molecule has 0 bridgehead atoms. The minimum atomic E-state index is -0.404. The Balaban J connectivity index is 1.88. The van der Waals surface area contributed by atoms with Crippen LogP contribution in [0.15, 0.2) is 42.6 Å². The molecule has 0 radical (unpaired) electrons. The van der Waals surface area contributed by atoms with Crippen LogP contribution < -0.4 is 15.4 Å². The van der Waals surface area contributed by atoms with Crippen LogP contribution in [-0.2, 0) is 11.3 Å². The van der Waals surface area contributed by atoms with Gasteiger partial charge in [-0.15, -0.1) is 0 Å². The number of ether oxygens (including phenoxy) is 2. The highest BCUT2D eigenvalue weighted by molar-refractivity contribution is 5.90. The summed E-state index contributed by atoms with van der Waals surface area (Å²) in [5.74, 6) is 0.00731. The Hall–Kier alpha value is -2.67. The Bertz CT molecular complexity index is 635. The van der Waals surface area contributed by atoms with Gasteiger partial charge in [0, 0.05) is 19.9 Å². The molecule has 0 spiro atoms. The SMILES string of the molecule is COCCOc1ncccc1NC(=O)NCc1ccc(F)cc1. The van der Waals surface area contributed by atoms with E-state index in [1.54, 1.807) is 37.6 Å². The molecule has 7 heteroatoms. The number of benzene rings is 1. The molecule has 23 heavy (non-hydrogen) atoms. The van der Waals surface area contributed by atoms with Crippen molar-refractivity contribution in [1.29, 1.82) is 0 Å². The largest absolute Gasteiger partial charge is 0.474 e. The average molecular weight is 319 g/mol. The van der Waals surface area contributed by atoms with Crippen LogP contribution >= 0.6 is 0 Å². The van der Waals surface area contributed by atoms with Gasteiger partial charge in [-0.2, -0.15) is 0 Å². The number of nitrogens with zero attached hydrogens (tertiary/aromatic N) is 1. The molecule has 0 saturated heterocycles. The average Bonchev–Trinajstić information content (AvgIpc) is 2.56. The number of aromatic nitrogens is 1. The zero-order valence-electron chi connectivity index (χ0n) is 12.7. The van der Waals surface area contributed by atoms with Gasteiger partial charge in [0.05, 0.1) is 6.61 Å². The molecule has 0 aliphatic heterocycles. The standard InChI is InChI=1S/C16H18FN3O3/c1-22-9-10-23-15-14(3-2-8-18-15)20-16(21)19-11-12-4-6-13(17)7-5-12/h2-8H,9-11H2,1H3,(H2,19,20,21). The predicted octanol–water partition coefficient (Wildman–Crippen LogP) is 2.57. The Morgan fingerprint density at radius 3 is 2.74 bits per heavy atom. The number of anilines is 1. The van der Waals surface area contributed by atoms with E-state index in [9.17, 15) is 9.18 Å². The zero-order valence-corrected chi connectivity index (χ0v) is 12.7. The Kier molecular flexibility index (Phi) is 6.31. The smallest absolute Gasteiger partial charge is 0.319 e. The van der Waals surface area contributed by atoms with Crippen LogP contribution in [0.4, 0.5) is 14.9 Å². The maximum atomic E-state index is 12.8. The lowest BCUT2D eigenvalue weighted by Crippen LogP contribution is -2.28. The molecule has 2 N–H and O–H groups in total. The van der Waals surface area contributed by atoms with Crippen molar-refractivity contribution in [3.8, 4) is 5.88 Å². The molecule has 0 fully saturated rings. The summed E-state index contributed by atoms with van der Waals surface area (Å²) in [6, 6.07) is 8.89. The third-order valence-corrected chi connectivity index (χ3v) is 2.91. The van der Waals surface area contributed by atoms with Crippen molar-refractivity contribution in [2.45, 2.75) is 6.54 Å². The lowest BCUT2D eigenvalue weighted by molar-refractivity contribution is 0.144. The summed E-state index contributed by atoms with van der Waals surface area (Å²) in [6.45, 7) is 1.04. The second-order valence-electron chi connectivity index (χ2n) is 4.63. The highest BCUT2D eigenvalue weighted by Gasteiger charge is 2.08. The molecule has 1 aromatic carbocycles. The summed E-state index contributed by atoms with van der Waals surface area (Å²) >= 11 is 0. The lowest BCUT2D eigenvalue weighted by atomic mass is 10.2. The maximum Gasteiger partial charge on any atom is 0.319 e. The highest BCUT2D eigenvalue weighted by atomic mass is 19.1. The van der Waals surface area contributed by atoms with Crippen LogP contribution in [0.25, 0.3) is 0 Å². The molecular formula is C16H18FN3O3. The summed E-state index contributed by atoms with van der Waals surface area (Å²) in [7, 11) is 1.57. The fourth-order valence-corrected chi connectivity index (χ4v) is 1.77. The van der Waals surface area contributed by atoms with E-state index in [0.29, 0.717) is 24.8 Å². The predicted molar refractivity (Wildman–Crippen MR) is 83.9 cm³/mol. The molecule has 2 aromatic rings. The Labute approximate surface area is 133 Å². The number of carbonyl (C=O) groups is 1.